The minimum atomic E-state index is -0.249. The lowest BCUT2D eigenvalue weighted by molar-refractivity contribution is -0.126. The lowest BCUT2D eigenvalue weighted by atomic mass is 9.94. The quantitative estimate of drug-likeness (QED) is 0.554. The van der Waals surface area contributed by atoms with E-state index >= 15 is 0 Å². The van der Waals surface area contributed by atoms with Crippen molar-refractivity contribution >= 4 is 5.91 Å². The number of halogens is 2. The molecule has 4 rings (SSSR count). The Kier molecular flexibility index (Phi) is 7.28. The molecule has 0 spiro atoms. The van der Waals surface area contributed by atoms with E-state index in [2.05, 4.69) is 16.3 Å². The highest BCUT2D eigenvalue weighted by molar-refractivity contribution is 5.78. The van der Waals surface area contributed by atoms with Gasteiger partial charge in [0.1, 0.15) is 11.6 Å². The van der Waals surface area contributed by atoms with Gasteiger partial charge >= 0.3 is 0 Å². The van der Waals surface area contributed by atoms with Crippen molar-refractivity contribution in [2.75, 3.05) is 19.6 Å². The van der Waals surface area contributed by atoms with Crippen LogP contribution in [-0.2, 0) is 17.8 Å². The summed E-state index contributed by atoms with van der Waals surface area (Å²) < 4.78 is 27.3. The maximum atomic E-state index is 14.3. The zero-order valence-corrected chi connectivity index (χ0v) is 18.1. The van der Waals surface area contributed by atoms with Gasteiger partial charge in [0, 0.05) is 24.6 Å². The number of piperidine rings is 1. The van der Waals surface area contributed by atoms with Crippen molar-refractivity contribution in [3.63, 3.8) is 0 Å². The largest absolute Gasteiger partial charge is 0.356 e. The Morgan fingerprint density at radius 2 is 1.53 bits per heavy atom. The normalized spacial score (nSPS) is 14.9. The molecule has 3 nitrogen and oxygen atoms in total. The van der Waals surface area contributed by atoms with Crippen LogP contribution in [0.3, 0.4) is 0 Å². The third kappa shape index (κ3) is 5.60. The van der Waals surface area contributed by atoms with E-state index in [0.29, 0.717) is 18.5 Å². The van der Waals surface area contributed by atoms with Crippen LogP contribution in [0.2, 0.25) is 0 Å². The molecular weight excluding hydrogens is 406 g/mol. The standard InChI is InChI=1S/C27H28F2N2O/c28-23-11-9-20(10-12-23)13-16-30-27(32)21-14-17-31(18-15-21)19-22-5-1-2-6-24(22)25-7-3-4-8-26(25)29/h1-12,21H,13-19H2,(H,30,32). The summed E-state index contributed by atoms with van der Waals surface area (Å²) in [4.78, 5) is 14.9. The molecule has 0 aromatic heterocycles. The van der Waals surface area contributed by atoms with E-state index in [4.69, 9.17) is 0 Å². The number of benzene rings is 3. The lowest BCUT2D eigenvalue weighted by Crippen LogP contribution is -2.40. The summed E-state index contributed by atoms with van der Waals surface area (Å²) >= 11 is 0. The molecule has 0 atom stereocenters. The second kappa shape index (κ2) is 10.5. The first-order chi connectivity index (χ1) is 15.6. The zero-order valence-electron chi connectivity index (χ0n) is 18.1. The fraction of sp³-hybridized carbons (Fsp3) is 0.296. The van der Waals surface area contributed by atoms with Gasteiger partial charge in [0.15, 0.2) is 0 Å². The number of rotatable bonds is 7. The van der Waals surface area contributed by atoms with Crippen molar-refractivity contribution in [1.82, 2.24) is 10.2 Å². The van der Waals surface area contributed by atoms with Gasteiger partial charge in [-0.1, -0.05) is 54.6 Å². The Morgan fingerprint density at radius 1 is 0.875 bits per heavy atom. The molecule has 1 aliphatic heterocycles. The van der Waals surface area contributed by atoms with Crippen LogP contribution < -0.4 is 5.32 Å². The van der Waals surface area contributed by atoms with E-state index in [1.165, 1.54) is 18.2 Å². The summed E-state index contributed by atoms with van der Waals surface area (Å²) in [6, 6.07) is 21.2. The predicted octanol–water partition coefficient (Wildman–Crippen LogP) is 5.20. The number of hydrogen-bond donors (Lipinski definition) is 1. The monoisotopic (exact) mass is 434 g/mol. The molecule has 1 amide bonds. The molecule has 1 fully saturated rings. The van der Waals surface area contributed by atoms with Crippen LogP contribution in [0.1, 0.15) is 24.0 Å². The van der Waals surface area contributed by atoms with Crippen molar-refractivity contribution in [3.8, 4) is 11.1 Å². The zero-order chi connectivity index (χ0) is 22.3. The second-order valence-electron chi connectivity index (χ2n) is 8.35. The first kappa shape index (κ1) is 22.2. The first-order valence-electron chi connectivity index (χ1n) is 11.2. The number of amides is 1. The molecule has 0 saturated carbocycles. The molecule has 5 heteroatoms. The fourth-order valence-corrected chi connectivity index (χ4v) is 4.32. The fourth-order valence-electron chi connectivity index (χ4n) is 4.32. The number of carbonyl (C=O) groups excluding carboxylic acids is 1. The van der Waals surface area contributed by atoms with Gasteiger partial charge in [0.2, 0.25) is 5.91 Å². The van der Waals surface area contributed by atoms with Crippen molar-refractivity contribution in [1.29, 1.82) is 0 Å². The maximum Gasteiger partial charge on any atom is 0.223 e. The molecule has 3 aromatic carbocycles. The number of hydrogen-bond acceptors (Lipinski definition) is 2. The van der Waals surface area contributed by atoms with Crippen molar-refractivity contribution in [2.24, 2.45) is 5.92 Å². The second-order valence-corrected chi connectivity index (χ2v) is 8.35. The van der Waals surface area contributed by atoms with Crippen molar-refractivity contribution in [3.05, 3.63) is 95.6 Å². The highest BCUT2D eigenvalue weighted by Gasteiger charge is 2.25. The lowest BCUT2D eigenvalue weighted by Gasteiger charge is -2.31. The SMILES string of the molecule is O=C(NCCc1ccc(F)cc1)C1CCN(Cc2ccccc2-c2ccccc2F)CC1. The van der Waals surface area contributed by atoms with E-state index < -0.39 is 0 Å². The van der Waals surface area contributed by atoms with E-state index in [0.717, 1.165) is 49.2 Å². The average Bonchev–Trinajstić information content (AvgIpc) is 2.82. The van der Waals surface area contributed by atoms with Gasteiger partial charge in [-0.3, -0.25) is 9.69 Å². The topological polar surface area (TPSA) is 32.3 Å². The van der Waals surface area contributed by atoms with Crippen LogP contribution in [0.4, 0.5) is 8.78 Å². The van der Waals surface area contributed by atoms with Crippen LogP contribution in [0.15, 0.2) is 72.8 Å². The van der Waals surface area contributed by atoms with Crippen LogP contribution in [0, 0.1) is 17.6 Å². The van der Waals surface area contributed by atoms with Gasteiger partial charge in [-0.15, -0.1) is 0 Å². The summed E-state index contributed by atoms with van der Waals surface area (Å²) in [5.74, 6) is -0.350. The van der Waals surface area contributed by atoms with Gasteiger partial charge in [0.25, 0.3) is 0 Å². The molecule has 1 heterocycles. The summed E-state index contributed by atoms with van der Waals surface area (Å²) in [7, 11) is 0. The molecular formula is C27H28F2N2O. The summed E-state index contributed by atoms with van der Waals surface area (Å²) in [6.45, 7) is 2.97. The van der Waals surface area contributed by atoms with Gasteiger partial charge in [-0.05, 0) is 67.2 Å². The first-order valence-corrected chi connectivity index (χ1v) is 11.2. The smallest absolute Gasteiger partial charge is 0.223 e. The minimum Gasteiger partial charge on any atom is -0.356 e. The maximum absolute atomic E-state index is 14.3. The Balaban J connectivity index is 1.28. The number of likely N-dealkylation sites (tertiary alicyclic amines) is 1. The molecule has 0 aliphatic carbocycles. The van der Waals surface area contributed by atoms with E-state index in [1.54, 1.807) is 18.2 Å². The molecule has 0 radical (unpaired) electrons. The van der Waals surface area contributed by atoms with E-state index in [-0.39, 0.29) is 23.5 Å². The summed E-state index contributed by atoms with van der Waals surface area (Å²) in [5, 5.41) is 3.02. The Labute approximate surface area is 188 Å². The van der Waals surface area contributed by atoms with Crippen LogP contribution in [0.25, 0.3) is 11.1 Å². The Bertz CT molecular complexity index is 1040. The third-order valence-electron chi connectivity index (χ3n) is 6.16. The van der Waals surface area contributed by atoms with Gasteiger partial charge in [-0.25, -0.2) is 8.78 Å². The van der Waals surface area contributed by atoms with Gasteiger partial charge in [0.05, 0.1) is 0 Å². The number of nitrogens with one attached hydrogen (secondary N) is 1. The molecule has 166 valence electrons. The third-order valence-corrected chi connectivity index (χ3v) is 6.16. The summed E-state index contributed by atoms with van der Waals surface area (Å²) in [6.07, 6.45) is 2.31. The van der Waals surface area contributed by atoms with E-state index in [1.807, 2.05) is 30.3 Å². The van der Waals surface area contributed by atoms with Gasteiger partial charge < -0.3 is 5.32 Å². The minimum absolute atomic E-state index is 0.0151. The van der Waals surface area contributed by atoms with Crippen molar-refractivity contribution in [2.45, 2.75) is 25.8 Å². The average molecular weight is 435 g/mol. The van der Waals surface area contributed by atoms with Gasteiger partial charge in [-0.2, -0.15) is 0 Å². The molecule has 1 N–H and O–H groups in total. The highest BCUT2D eigenvalue weighted by Crippen LogP contribution is 2.28. The Morgan fingerprint density at radius 3 is 2.25 bits per heavy atom. The van der Waals surface area contributed by atoms with E-state index in [9.17, 15) is 13.6 Å². The molecule has 3 aromatic rings. The molecule has 0 bridgehead atoms. The summed E-state index contributed by atoms with van der Waals surface area (Å²) in [5.41, 5.74) is 3.65. The Hall–Kier alpha value is -3.05. The van der Waals surface area contributed by atoms with Crippen molar-refractivity contribution < 1.29 is 13.6 Å². The van der Waals surface area contributed by atoms with Crippen LogP contribution >= 0.6 is 0 Å². The molecule has 1 aliphatic rings. The number of nitrogens with zero attached hydrogens (tertiary/aromatic N) is 1. The van der Waals surface area contributed by atoms with Crippen LogP contribution in [-0.4, -0.2) is 30.4 Å². The molecule has 32 heavy (non-hydrogen) atoms. The molecule has 0 unspecified atom stereocenters. The molecule has 1 saturated heterocycles. The number of carbonyl (C=O) groups is 1. The van der Waals surface area contributed by atoms with Crippen LogP contribution in [0.5, 0.6) is 0 Å². The highest BCUT2D eigenvalue weighted by atomic mass is 19.1. The predicted molar refractivity (Wildman–Crippen MR) is 123 cm³/mol.